The second kappa shape index (κ2) is 10.4. The number of thioether (sulfide) groups is 1. The van der Waals surface area contributed by atoms with Crippen LogP contribution in [0.3, 0.4) is 0 Å². The Morgan fingerprint density at radius 2 is 2.03 bits per heavy atom. The Balaban J connectivity index is 1.99. The topological polar surface area (TPSA) is 77.1 Å². The number of aromatic nitrogens is 2. The molecule has 1 aromatic heterocycles. The van der Waals surface area contributed by atoms with Crippen molar-refractivity contribution in [3.63, 3.8) is 0 Å². The van der Waals surface area contributed by atoms with E-state index in [9.17, 15) is 4.79 Å². The van der Waals surface area contributed by atoms with Gasteiger partial charge < -0.3 is 9.47 Å². The maximum Gasteiger partial charge on any atom is 0.262 e. The van der Waals surface area contributed by atoms with E-state index in [-0.39, 0.29) is 5.56 Å². The highest BCUT2D eigenvalue weighted by Gasteiger charge is 2.16. The Kier molecular flexibility index (Phi) is 7.59. The molecule has 29 heavy (non-hydrogen) atoms. The van der Waals surface area contributed by atoms with Crippen LogP contribution in [-0.4, -0.2) is 29.5 Å². The van der Waals surface area contributed by atoms with Crippen LogP contribution in [0.4, 0.5) is 0 Å². The van der Waals surface area contributed by atoms with Gasteiger partial charge in [-0.05, 0) is 44.6 Å². The predicted molar refractivity (Wildman–Crippen MR) is 116 cm³/mol. The van der Waals surface area contributed by atoms with Crippen LogP contribution in [0.5, 0.6) is 11.5 Å². The van der Waals surface area contributed by atoms with E-state index in [0.29, 0.717) is 40.5 Å². The van der Waals surface area contributed by atoms with Crippen molar-refractivity contribution in [2.24, 2.45) is 0 Å². The summed E-state index contributed by atoms with van der Waals surface area (Å²) >= 11 is 1.54. The van der Waals surface area contributed by atoms with Gasteiger partial charge in [-0.15, -0.1) is 0 Å². The molecule has 7 heteroatoms. The first-order valence-corrected chi connectivity index (χ1v) is 11.0. The Hall–Kier alpha value is -2.46. The zero-order valence-corrected chi connectivity index (χ0v) is 17.9. The number of allylic oxidation sites excluding steroid dienone is 2. The van der Waals surface area contributed by atoms with Gasteiger partial charge in [0.15, 0.2) is 16.7 Å². The minimum atomic E-state index is -0.0601. The highest BCUT2D eigenvalue weighted by Crippen LogP contribution is 2.31. The van der Waals surface area contributed by atoms with Crippen LogP contribution >= 0.6 is 11.8 Å². The van der Waals surface area contributed by atoms with E-state index in [4.69, 9.17) is 19.7 Å². The molecule has 0 amide bonds. The smallest absolute Gasteiger partial charge is 0.262 e. The molecule has 1 aliphatic carbocycles. The minimum Gasteiger partial charge on any atom is -0.493 e. The number of hydrogen-bond donors (Lipinski definition) is 0. The first-order chi connectivity index (χ1) is 14.2. The molecule has 0 aliphatic heterocycles. The van der Waals surface area contributed by atoms with Crippen LogP contribution in [-0.2, 0) is 6.54 Å². The SMILES string of the molecule is COc1cc2nc(SCCCC#N)n(CCC3=CCCCC3)c(=O)c2cc1OC. The fourth-order valence-corrected chi connectivity index (χ4v) is 4.50. The Bertz CT molecular complexity index is 991. The van der Waals surface area contributed by atoms with Crippen molar-refractivity contribution in [3.05, 3.63) is 34.1 Å². The lowest BCUT2D eigenvalue weighted by Crippen LogP contribution is -2.24. The van der Waals surface area contributed by atoms with Gasteiger partial charge in [0.25, 0.3) is 5.56 Å². The number of fused-ring (bicyclic) bond motifs is 1. The molecule has 3 rings (SSSR count). The number of methoxy groups -OCH3 is 2. The van der Waals surface area contributed by atoms with Crippen LogP contribution in [0.25, 0.3) is 10.9 Å². The van der Waals surface area contributed by atoms with Gasteiger partial charge in [0, 0.05) is 24.8 Å². The molecule has 0 atom stereocenters. The summed E-state index contributed by atoms with van der Waals surface area (Å²) in [5.74, 6) is 1.83. The van der Waals surface area contributed by atoms with Gasteiger partial charge in [-0.3, -0.25) is 9.36 Å². The number of nitriles is 1. The monoisotopic (exact) mass is 413 g/mol. The van der Waals surface area contributed by atoms with Crippen molar-refractivity contribution in [2.45, 2.75) is 56.6 Å². The lowest BCUT2D eigenvalue weighted by Gasteiger charge is -2.17. The van der Waals surface area contributed by atoms with Crippen LogP contribution < -0.4 is 15.0 Å². The Labute approximate surface area is 175 Å². The van der Waals surface area contributed by atoms with E-state index in [1.165, 1.54) is 30.2 Å². The van der Waals surface area contributed by atoms with Gasteiger partial charge in [-0.2, -0.15) is 5.26 Å². The third-order valence-electron chi connectivity index (χ3n) is 5.13. The summed E-state index contributed by atoms with van der Waals surface area (Å²) < 4.78 is 12.5. The third-order valence-corrected chi connectivity index (χ3v) is 6.19. The van der Waals surface area contributed by atoms with E-state index in [2.05, 4.69) is 12.1 Å². The lowest BCUT2D eigenvalue weighted by molar-refractivity contribution is 0.355. The van der Waals surface area contributed by atoms with E-state index in [1.54, 1.807) is 30.9 Å². The summed E-state index contributed by atoms with van der Waals surface area (Å²) in [5.41, 5.74) is 1.97. The highest BCUT2D eigenvalue weighted by molar-refractivity contribution is 7.99. The van der Waals surface area contributed by atoms with Gasteiger partial charge in [0.05, 0.1) is 31.2 Å². The number of rotatable bonds is 9. The summed E-state index contributed by atoms with van der Waals surface area (Å²) in [4.78, 5) is 18.1. The molecule has 1 aromatic carbocycles. The molecule has 154 valence electrons. The molecule has 0 spiro atoms. The first kappa shape index (κ1) is 21.3. The molecule has 0 radical (unpaired) electrons. The quantitative estimate of drug-likeness (QED) is 0.257. The summed E-state index contributed by atoms with van der Waals surface area (Å²) in [6.07, 6.45) is 9.18. The summed E-state index contributed by atoms with van der Waals surface area (Å²) in [5, 5.41) is 10.0. The molecule has 2 aromatic rings. The molecular weight excluding hydrogens is 386 g/mol. The van der Waals surface area contributed by atoms with Crippen molar-refractivity contribution in [2.75, 3.05) is 20.0 Å². The molecule has 0 N–H and O–H groups in total. The van der Waals surface area contributed by atoms with Gasteiger partial charge >= 0.3 is 0 Å². The molecule has 0 fully saturated rings. The van der Waals surface area contributed by atoms with Gasteiger partial charge in [0.1, 0.15) is 0 Å². The van der Waals surface area contributed by atoms with E-state index >= 15 is 0 Å². The van der Waals surface area contributed by atoms with Crippen molar-refractivity contribution in [1.82, 2.24) is 9.55 Å². The first-order valence-electron chi connectivity index (χ1n) is 10.0. The van der Waals surface area contributed by atoms with Gasteiger partial charge in [0.2, 0.25) is 0 Å². The van der Waals surface area contributed by atoms with Crippen molar-refractivity contribution in [1.29, 1.82) is 5.26 Å². The minimum absolute atomic E-state index is 0.0601. The van der Waals surface area contributed by atoms with Crippen molar-refractivity contribution < 1.29 is 9.47 Å². The van der Waals surface area contributed by atoms with E-state index in [1.807, 2.05) is 0 Å². The molecule has 0 saturated heterocycles. The second-order valence-corrected chi connectivity index (χ2v) is 8.11. The van der Waals surface area contributed by atoms with E-state index in [0.717, 1.165) is 31.4 Å². The fourth-order valence-electron chi connectivity index (χ4n) is 3.54. The van der Waals surface area contributed by atoms with Crippen LogP contribution in [0.2, 0.25) is 0 Å². The highest BCUT2D eigenvalue weighted by atomic mass is 32.2. The summed E-state index contributed by atoms with van der Waals surface area (Å²) in [7, 11) is 3.13. The Morgan fingerprint density at radius 1 is 1.24 bits per heavy atom. The van der Waals surface area contributed by atoms with Crippen molar-refractivity contribution >= 4 is 22.7 Å². The molecule has 0 saturated carbocycles. The Morgan fingerprint density at radius 3 is 2.72 bits per heavy atom. The van der Waals surface area contributed by atoms with Gasteiger partial charge in [-0.25, -0.2) is 4.98 Å². The van der Waals surface area contributed by atoms with Crippen molar-refractivity contribution in [3.8, 4) is 17.6 Å². The fraction of sp³-hybridized carbons (Fsp3) is 0.500. The average Bonchev–Trinajstić information content (AvgIpc) is 2.76. The number of hydrogen-bond acceptors (Lipinski definition) is 6. The summed E-state index contributed by atoms with van der Waals surface area (Å²) in [6.45, 7) is 0.614. The molecule has 1 aliphatic rings. The zero-order valence-electron chi connectivity index (χ0n) is 17.1. The second-order valence-electron chi connectivity index (χ2n) is 7.04. The summed E-state index contributed by atoms with van der Waals surface area (Å²) in [6, 6.07) is 5.63. The molecule has 0 bridgehead atoms. The molecule has 6 nitrogen and oxygen atoms in total. The number of unbranched alkanes of at least 4 members (excludes halogenated alkanes) is 1. The predicted octanol–water partition coefficient (Wildman–Crippen LogP) is 4.70. The van der Waals surface area contributed by atoms with Crippen LogP contribution in [0.15, 0.2) is 33.7 Å². The van der Waals surface area contributed by atoms with Gasteiger partial charge in [-0.1, -0.05) is 23.4 Å². The maximum atomic E-state index is 13.3. The van der Waals surface area contributed by atoms with Crippen LogP contribution in [0.1, 0.15) is 44.9 Å². The lowest BCUT2D eigenvalue weighted by atomic mass is 9.97. The largest absolute Gasteiger partial charge is 0.493 e. The molecule has 1 heterocycles. The maximum absolute atomic E-state index is 13.3. The number of ether oxygens (including phenoxy) is 2. The van der Waals surface area contributed by atoms with E-state index < -0.39 is 0 Å². The van der Waals surface area contributed by atoms with Crippen LogP contribution in [0, 0.1) is 11.3 Å². The standard InChI is InChI=1S/C22H27N3O3S/c1-27-19-14-17-18(15-20(19)28-2)24-22(29-13-7-6-11-23)25(21(17)26)12-10-16-8-4-3-5-9-16/h8,14-15H,3-7,9-10,12-13H2,1-2H3. The average molecular weight is 414 g/mol. The zero-order chi connectivity index (χ0) is 20.6. The number of nitrogens with zero attached hydrogens (tertiary/aromatic N) is 3. The molecular formula is C22H27N3O3S. The third kappa shape index (κ3) is 5.13. The normalized spacial score (nSPS) is 13.8. The molecule has 0 unspecified atom stereocenters. The number of benzene rings is 1.